The van der Waals surface area contributed by atoms with Crippen molar-refractivity contribution in [2.45, 2.75) is 12.5 Å². The molecule has 6 nitrogen and oxygen atoms in total. The molecule has 0 aliphatic carbocycles. The van der Waals surface area contributed by atoms with Gasteiger partial charge in [-0.1, -0.05) is 29.3 Å². The zero-order valence-corrected chi connectivity index (χ0v) is 18.1. The van der Waals surface area contributed by atoms with Crippen LogP contribution in [0.1, 0.15) is 34.1 Å². The first kappa shape index (κ1) is 20.7. The van der Waals surface area contributed by atoms with Crippen LogP contribution in [-0.4, -0.2) is 48.4 Å². The van der Waals surface area contributed by atoms with Gasteiger partial charge in [-0.25, -0.2) is 0 Å². The Morgan fingerprint density at radius 1 is 1.13 bits per heavy atom. The highest BCUT2D eigenvalue weighted by Crippen LogP contribution is 2.45. The summed E-state index contributed by atoms with van der Waals surface area (Å²) in [5.74, 6) is 0.643. The van der Waals surface area contributed by atoms with E-state index in [2.05, 4.69) is 10.2 Å². The lowest BCUT2D eigenvalue weighted by Gasteiger charge is -2.27. The molecule has 1 atom stereocenters. The van der Waals surface area contributed by atoms with Gasteiger partial charge in [0.15, 0.2) is 0 Å². The van der Waals surface area contributed by atoms with E-state index >= 15 is 0 Å². The summed E-state index contributed by atoms with van der Waals surface area (Å²) in [6.07, 6.45) is 0.708. The summed E-state index contributed by atoms with van der Waals surface area (Å²) in [4.78, 5) is 15.0. The molecule has 8 heteroatoms. The molecule has 0 bridgehead atoms. The molecule has 156 valence electrons. The van der Waals surface area contributed by atoms with Crippen LogP contribution >= 0.6 is 23.2 Å². The number of methoxy groups -OCH3 is 2. The monoisotopic (exact) mass is 445 g/mol. The van der Waals surface area contributed by atoms with Gasteiger partial charge in [-0.15, -0.1) is 0 Å². The minimum atomic E-state index is -0.370. The van der Waals surface area contributed by atoms with Crippen LogP contribution in [0.2, 0.25) is 10.0 Å². The molecular weight excluding hydrogens is 425 g/mol. The molecule has 1 N–H and O–H groups in total. The van der Waals surface area contributed by atoms with Crippen molar-refractivity contribution in [3.05, 3.63) is 69.3 Å². The molecule has 1 aliphatic rings. The Bertz CT molecular complexity index is 1070. The minimum Gasteiger partial charge on any atom is -0.497 e. The zero-order chi connectivity index (χ0) is 21.3. The third kappa shape index (κ3) is 3.67. The van der Waals surface area contributed by atoms with Gasteiger partial charge in [0.05, 0.1) is 18.8 Å². The van der Waals surface area contributed by atoms with E-state index in [0.717, 1.165) is 22.4 Å². The Hall–Kier alpha value is -2.54. The standard InChI is InChI=1S/C22H21Cl2N3O3/c1-29-11-3-10-27-21(16-9-6-14(23)12-17(16)24)18-19(25-26-20(18)22(27)28)13-4-7-15(30-2)8-5-13/h4-9,12,21H,3,10-11H2,1-2H3,(H,25,26). The molecule has 1 amide bonds. The predicted octanol–water partition coefficient (Wildman–Crippen LogP) is 4.97. The van der Waals surface area contributed by atoms with Crippen LogP contribution in [0.15, 0.2) is 42.5 Å². The Kier molecular flexibility index (Phi) is 5.99. The molecule has 30 heavy (non-hydrogen) atoms. The van der Waals surface area contributed by atoms with Crippen molar-refractivity contribution in [1.29, 1.82) is 0 Å². The lowest BCUT2D eigenvalue weighted by molar-refractivity contribution is 0.0723. The van der Waals surface area contributed by atoms with Gasteiger partial charge in [0.2, 0.25) is 0 Å². The Labute approximate surface area is 184 Å². The fraction of sp³-hybridized carbons (Fsp3) is 0.273. The van der Waals surface area contributed by atoms with E-state index in [-0.39, 0.29) is 11.9 Å². The van der Waals surface area contributed by atoms with E-state index in [4.69, 9.17) is 32.7 Å². The fourth-order valence-electron chi connectivity index (χ4n) is 3.82. The van der Waals surface area contributed by atoms with E-state index in [0.29, 0.717) is 41.0 Å². The minimum absolute atomic E-state index is 0.107. The van der Waals surface area contributed by atoms with Crippen molar-refractivity contribution in [2.75, 3.05) is 27.4 Å². The highest BCUT2D eigenvalue weighted by atomic mass is 35.5. The molecule has 4 rings (SSSR count). The topological polar surface area (TPSA) is 67.5 Å². The lowest BCUT2D eigenvalue weighted by atomic mass is 9.96. The molecule has 0 spiro atoms. The number of hydrogen-bond donors (Lipinski definition) is 1. The number of benzene rings is 2. The maximum atomic E-state index is 13.2. The van der Waals surface area contributed by atoms with Crippen molar-refractivity contribution in [3.8, 4) is 17.0 Å². The van der Waals surface area contributed by atoms with Crippen LogP contribution in [-0.2, 0) is 4.74 Å². The van der Waals surface area contributed by atoms with E-state index in [1.807, 2.05) is 35.2 Å². The number of halogens is 2. The van der Waals surface area contributed by atoms with Crippen molar-refractivity contribution in [1.82, 2.24) is 15.1 Å². The number of nitrogens with zero attached hydrogens (tertiary/aromatic N) is 2. The van der Waals surface area contributed by atoms with E-state index in [1.54, 1.807) is 26.4 Å². The smallest absolute Gasteiger partial charge is 0.273 e. The molecule has 1 unspecified atom stereocenters. The highest BCUT2D eigenvalue weighted by molar-refractivity contribution is 6.35. The Morgan fingerprint density at radius 3 is 2.57 bits per heavy atom. The van der Waals surface area contributed by atoms with Gasteiger partial charge >= 0.3 is 0 Å². The van der Waals surface area contributed by atoms with Gasteiger partial charge in [0.1, 0.15) is 11.4 Å². The molecule has 0 saturated heterocycles. The first-order valence-electron chi connectivity index (χ1n) is 9.52. The van der Waals surface area contributed by atoms with Crippen molar-refractivity contribution >= 4 is 29.1 Å². The summed E-state index contributed by atoms with van der Waals surface area (Å²) >= 11 is 12.7. The summed E-state index contributed by atoms with van der Waals surface area (Å²) in [7, 11) is 3.27. The van der Waals surface area contributed by atoms with E-state index < -0.39 is 0 Å². The number of carbonyl (C=O) groups excluding carboxylic acids is 1. The number of aromatic nitrogens is 2. The zero-order valence-electron chi connectivity index (χ0n) is 16.6. The molecule has 2 aromatic carbocycles. The predicted molar refractivity (Wildman–Crippen MR) is 116 cm³/mol. The SMILES string of the molecule is COCCCN1C(=O)c2[nH]nc(-c3ccc(OC)cc3)c2C1c1ccc(Cl)cc1Cl. The molecule has 0 fully saturated rings. The lowest BCUT2D eigenvalue weighted by Crippen LogP contribution is -2.31. The second-order valence-corrected chi connectivity index (χ2v) is 7.85. The van der Waals surface area contributed by atoms with Crippen LogP contribution in [0.5, 0.6) is 5.75 Å². The maximum absolute atomic E-state index is 13.2. The number of aromatic amines is 1. The third-order valence-corrected chi connectivity index (χ3v) is 5.79. The Balaban J connectivity index is 1.82. The van der Waals surface area contributed by atoms with Crippen LogP contribution in [0.3, 0.4) is 0 Å². The normalized spacial score (nSPS) is 15.5. The summed E-state index contributed by atoms with van der Waals surface area (Å²) in [5, 5.41) is 8.45. The van der Waals surface area contributed by atoms with Crippen LogP contribution < -0.4 is 4.74 Å². The second kappa shape index (κ2) is 8.68. The van der Waals surface area contributed by atoms with Gasteiger partial charge in [-0.05, 0) is 48.4 Å². The number of ether oxygens (including phenoxy) is 2. The molecule has 2 heterocycles. The first-order valence-corrected chi connectivity index (χ1v) is 10.3. The highest BCUT2D eigenvalue weighted by Gasteiger charge is 2.42. The van der Waals surface area contributed by atoms with E-state index in [1.165, 1.54) is 0 Å². The maximum Gasteiger partial charge on any atom is 0.273 e. The number of fused-ring (bicyclic) bond motifs is 1. The molecular formula is C22H21Cl2N3O3. The summed E-state index contributed by atoms with van der Waals surface area (Å²) in [6, 6.07) is 12.6. The summed E-state index contributed by atoms with van der Waals surface area (Å²) in [6.45, 7) is 1.09. The number of amides is 1. The largest absolute Gasteiger partial charge is 0.497 e. The summed E-state index contributed by atoms with van der Waals surface area (Å²) < 4.78 is 10.4. The third-order valence-electron chi connectivity index (χ3n) is 5.23. The number of H-pyrrole nitrogens is 1. The second-order valence-electron chi connectivity index (χ2n) is 7.00. The molecule has 1 aromatic heterocycles. The van der Waals surface area contributed by atoms with Crippen LogP contribution in [0, 0.1) is 0 Å². The number of hydrogen-bond acceptors (Lipinski definition) is 4. The molecule has 0 radical (unpaired) electrons. The average Bonchev–Trinajstić information content (AvgIpc) is 3.28. The van der Waals surface area contributed by atoms with Crippen molar-refractivity contribution in [2.24, 2.45) is 0 Å². The van der Waals surface area contributed by atoms with Crippen LogP contribution in [0.25, 0.3) is 11.3 Å². The van der Waals surface area contributed by atoms with Gasteiger partial charge in [0, 0.05) is 41.4 Å². The van der Waals surface area contributed by atoms with Crippen LogP contribution in [0.4, 0.5) is 0 Å². The average molecular weight is 446 g/mol. The molecule has 3 aromatic rings. The Morgan fingerprint density at radius 2 is 1.90 bits per heavy atom. The molecule has 1 aliphatic heterocycles. The number of nitrogens with one attached hydrogen (secondary N) is 1. The number of carbonyl (C=O) groups is 1. The van der Waals surface area contributed by atoms with Gasteiger partial charge in [-0.3, -0.25) is 9.89 Å². The fourth-order valence-corrected chi connectivity index (χ4v) is 4.33. The summed E-state index contributed by atoms with van der Waals surface area (Å²) in [5.41, 5.74) is 3.70. The van der Waals surface area contributed by atoms with Gasteiger partial charge < -0.3 is 14.4 Å². The van der Waals surface area contributed by atoms with Gasteiger partial charge in [-0.2, -0.15) is 5.10 Å². The number of rotatable bonds is 7. The van der Waals surface area contributed by atoms with E-state index in [9.17, 15) is 4.79 Å². The molecule has 0 saturated carbocycles. The van der Waals surface area contributed by atoms with Crippen molar-refractivity contribution < 1.29 is 14.3 Å². The van der Waals surface area contributed by atoms with Gasteiger partial charge in [0.25, 0.3) is 5.91 Å². The first-order chi connectivity index (χ1) is 14.5. The quantitative estimate of drug-likeness (QED) is 0.521. The van der Waals surface area contributed by atoms with Crippen molar-refractivity contribution in [3.63, 3.8) is 0 Å².